The summed E-state index contributed by atoms with van der Waals surface area (Å²) in [6.45, 7) is 0. The Hall–Kier alpha value is -0.710. The number of amides is 1. The highest BCUT2D eigenvalue weighted by Gasteiger charge is 2.44. The maximum Gasteiger partial charge on any atom is 0.306 e. The van der Waals surface area contributed by atoms with Crippen molar-refractivity contribution in [3.63, 3.8) is 0 Å². The number of methoxy groups -OCH3 is 1. The SMILES string of the molecule is COC(=O)CC1(CSCCCC(=O)N(C)C)CC1. The topological polar surface area (TPSA) is 46.6 Å². The molecule has 104 valence electrons. The molecule has 1 aliphatic rings. The zero-order valence-electron chi connectivity index (χ0n) is 11.5. The molecule has 0 heterocycles. The number of ether oxygens (including phenoxy) is 1. The monoisotopic (exact) mass is 273 g/mol. The van der Waals surface area contributed by atoms with Crippen LogP contribution in [0.4, 0.5) is 0 Å². The molecule has 0 aromatic rings. The first-order valence-electron chi connectivity index (χ1n) is 6.34. The van der Waals surface area contributed by atoms with Gasteiger partial charge < -0.3 is 9.64 Å². The molecule has 0 radical (unpaired) electrons. The van der Waals surface area contributed by atoms with E-state index in [4.69, 9.17) is 4.74 Å². The number of carbonyl (C=O) groups excluding carboxylic acids is 2. The van der Waals surface area contributed by atoms with Crippen LogP contribution in [0.15, 0.2) is 0 Å². The molecule has 0 N–H and O–H groups in total. The van der Waals surface area contributed by atoms with Gasteiger partial charge in [-0.3, -0.25) is 9.59 Å². The third kappa shape index (κ3) is 5.29. The average Bonchev–Trinajstić information content (AvgIpc) is 3.08. The van der Waals surface area contributed by atoms with Gasteiger partial charge in [-0.1, -0.05) is 0 Å². The Balaban J connectivity index is 2.08. The third-order valence-electron chi connectivity index (χ3n) is 3.29. The summed E-state index contributed by atoms with van der Waals surface area (Å²) in [4.78, 5) is 24.2. The molecule has 0 aromatic carbocycles. The van der Waals surface area contributed by atoms with Gasteiger partial charge in [-0.15, -0.1) is 0 Å². The van der Waals surface area contributed by atoms with Gasteiger partial charge in [-0.2, -0.15) is 11.8 Å². The minimum absolute atomic E-state index is 0.101. The van der Waals surface area contributed by atoms with Crippen LogP contribution in [-0.2, 0) is 14.3 Å². The van der Waals surface area contributed by atoms with Crippen molar-refractivity contribution in [2.45, 2.75) is 32.1 Å². The van der Waals surface area contributed by atoms with Gasteiger partial charge in [-0.05, 0) is 36.2 Å². The van der Waals surface area contributed by atoms with Crippen LogP contribution in [0.2, 0.25) is 0 Å². The molecule has 1 fully saturated rings. The molecule has 0 aromatic heterocycles. The van der Waals surface area contributed by atoms with Gasteiger partial charge >= 0.3 is 5.97 Å². The molecule has 1 aliphatic carbocycles. The second kappa shape index (κ2) is 7.02. The van der Waals surface area contributed by atoms with Crippen molar-refractivity contribution < 1.29 is 14.3 Å². The van der Waals surface area contributed by atoms with Crippen LogP contribution in [0.3, 0.4) is 0 Å². The lowest BCUT2D eigenvalue weighted by molar-refractivity contribution is -0.141. The van der Waals surface area contributed by atoms with Gasteiger partial charge in [0, 0.05) is 20.5 Å². The molecule has 0 spiro atoms. The number of hydrogen-bond donors (Lipinski definition) is 0. The van der Waals surface area contributed by atoms with Crippen LogP contribution >= 0.6 is 11.8 Å². The Bertz CT molecular complexity index is 301. The normalized spacial score (nSPS) is 16.2. The van der Waals surface area contributed by atoms with Gasteiger partial charge in [0.2, 0.25) is 5.91 Å². The average molecular weight is 273 g/mol. The lowest BCUT2D eigenvalue weighted by Gasteiger charge is -2.13. The Kier molecular flexibility index (Phi) is 5.99. The zero-order valence-corrected chi connectivity index (χ0v) is 12.3. The summed E-state index contributed by atoms with van der Waals surface area (Å²) >= 11 is 1.85. The molecule has 1 rings (SSSR count). The van der Waals surface area contributed by atoms with Crippen LogP contribution in [0.25, 0.3) is 0 Å². The van der Waals surface area contributed by atoms with Crippen molar-refractivity contribution in [1.29, 1.82) is 0 Å². The third-order valence-corrected chi connectivity index (χ3v) is 4.68. The Morgan fingerprint density at radius 1 is 1.33 bits per heavy atom. The van der Waals surface area contributed by atoms with Gasteiger partial charge in [0.15, 0.2) is 0 Å². The highest BCUT2D eigenvalue weighted by atomic mass is 32.2. The molecule has 4 nitrogen and oxygen atoms in total. The van der Waals surface area contributed by atoms with Crippen molar-refractivity contribution >= 4 is 23.6 Å². The minimum Gasteiger partial charge on any atom is -0.469 e. The highest BCUT2D eigenvalue weighted by molar-refractivity contribution is 7.99. The fraction of sp³-hybridized carbons (Fsp3) is 0.846. The standard InChI is InChI=1S/C13H23NO3S/c1-14(2)11(15)5-4-8-18-10-13(6-7-13)9-12(16)17-3/h4-10H2,1-3H3. The van der Waals surface area contributed by atoms with Crippen molar-refractivity contribution in [2.24, 2.45) is 5.41 Å². The number of rotatable bonds is 8. The summed E-state index contributed by atoms with van der Waals surface area (Å²) in [5.74, 6) is 2.09. The number of hydrogen-bond acceptors (Lipinski definition) is 4. The predicted molar refractivity (Wildman–Crippen MR) is 73.6 cm³/mol. The zero-order chi connectivity index (χ0) is 13.6. The van der Waals surface area contributed by atoms with E-state index in [0.717, 1.165) is 30.8 Å². The van der Waals surface area contributed by atoms with Crippen LogP contribution in [0, 0.1) is 5.41 Å². The summed E-state index contributed by atoms with van der Waals surface area (Å²) in [7, 11) is 5.01. The number of carbonyl (C=O) groups is 2. The van der Waals surface area contributed by atoms with Crippen LogP contribution < -0.4 is 0 Å². The molecule has 0 bridgehead atoms. The smallest absolute Gasteiger partial charge is 0.306 e. The van der Waals surface area contributed by atoms with E-state index in [1.165, 1.54) is 7.11 Å². The van der Waals surface area contributed by atoms with E-state index in [0.29, 0.717) is 12.8 Å². The number of esters is 1. The second-order valence-electron chi connectivity index (χ2n) is 5.20. The van der Waals surface area contributed by atoms with Crippen molar-refractivity contribution in [1.82, 2.24) is 4.90 Å². The highest BCUT2D eigenvalue weighted by Crippen LogP contribution is 2.51. The van der Waals surface area contributed by atoms with Gasteiger partial charge in [-0.25, -0.2) is 0 Å². The molecule has 0 saturated heterocycles. The molecule has 18 heavy (non-hydrogen) atoms. The van der Waals surface area contributed by atoms with E-state index in [1.54, 1.807) is 19.0 Å². The summed E-state index contributed by atoms with van der Waals surface area (Å²) in [6, 6.07) is 0. The summed E-state index contributed by atoms with van der Waals surface area (Å²) in [5, 5.41) is 0. The first-order valence-corrected chi connectivity index (χ1v) is 7.49. The maximum atomic E-state index is 11.4. The van der Waals surface area contributed by atoms with Crippen molar-refractivity contribution in [3.8, 4) is 0 Å². The van der Waals surface area contributed by atoms with Crippen LogP contribution in [-0.4, -0.2) is 49.5 Å². The second-order valence-corrected chi connectivity index (χ2v) is 6.30. The fourth-order valence-corrected chi connectivity index (χ4v) is 3.08. The summed E-state index contributed by atoms with van der Waals surface area (Å²) < 4.78 is 4.71. The Labute approximate surface area is 113 Å². The van der Waals surface area contributed by atoms with E-state index < -0.39 is 0 Å². The summed E-state index contributed by atoms with van der Waals surface area (Å²) in [6.07, 6.45) is 4.34. The first kappa shape index (κ1) is 15.3. The van der Waals surface area contributed by atoms with Crippen molar-refractivity contribution in [2.75, 3.05) is 32.7 Å². The lowest BCUT2D eigenvalue weighted by Crippen LogP contribution is -2.21. The van der Waals surface area contributed by atoms with E-state index in [9.17, 15) is 9.59 Å². The molecule has 0 atom stereocenters. The van der Waals surface area contributed by atoms with E-state index >= 15 is 0 Å². The van der Waals surface area contributed by atoms with E-state index in [2.05, 4.69) is 0 Å². The van der Waals surface area contributed by atoms with Gasteiger partial charge in [0.25, 0.3) is 0 Å². The van der Waals surface area contributed by atoms with Gasteiger partial charge in [0.1, 0.15) is 0 Å². The molecule has 5 heteroatoms. The fourth-order valence-electron chi connectivity index (χ4n) is 1.77. The molecule has 0 unspecified atom stereocenters. The van der Waals surface area contributed by atoms with Crippen LogP contribution in [0.5, 0.6) is 0 Å². The first-order chi connectivity index (χ1) is 8.49. The quantitative estimate of drug-likeness (QED) is 0.501. The van der Waals surface area contributed by atoms with E-state index in [-0.39, 0.29) is 17.3 Å². The molecule has 0 aliphatic heterocycles. The molecular weight excluding hydrogens is 250 g/mol. The largest absolute Gasteiger partial charge is 0.469 e. The lowest BCUT2D eigenvalue weighted by atomic mass is 10.1. The summed E-state index contributed by atoms with van der Waals surface area (Å²) in [5.41, 5.74) is 0.198. The van der Waals surface area contributed by atoms with E-state index in [1.807, 2.05) is 11.8 Å². The molecular formula is C13H23NO3S. The Morgan fingerprint density at radius 3 is 2.50 bits per heavy atom. The maximum absolute atomic E-state index is 11.4. The molecule has 1 saturated carbocycles. The number of thioether (sulfide) groups is 1. The van der Waals surface area contributed by atoms with Crippen molar-refractivity contribution in [3.05, 3.63) is 0 Å². The van der Waals surface area contributed by atoms with Gasteiger partial charge in [0.05, 0.1) is 13.5 Å². The Morgan fingerprint density at radius 2 is 2.00 bits per heavy atom. The van der Waals surface area contributed by atoms with Crippen LogP contribution in [0.1, 0.15) is 32.1 Å². The minimum atomic E-state index is -0.101. The predicted octanol–water partition coefficient (Wildman–Crippen LogP) is 1.93. The molecule has 1 amide bonds. The number of nitrogens with zero attached hydrogens (tertiary/aromatic N) is 1.